The summed E-state index contributed by atoms with van der Waals surface area (Å²) in [7, 11) is 0. The lowest BCUT2D eigenvalue weighted by molar-refractivity contribution is -0.142. The standard InChI is InChI=1S/C20H35N9O7/c1-9(30)14(21)17(33)29-15(10(2)31)18(34)28-13(6-11-7-24-8-26-11)16(32)27-12(19(35)36)4-3-5-25-20(22)23/h7-10,12-15,30-31H,3-6,21H2,1-2H3,(H,24,26)(H,27,32)(H,28,34)(H,29,33)(H,35,36)(H4,22,23,25). The third-order valence-corrected chi connectivity index (χ3v) is 5.06. The quantitative estimate of drug-likeness (QED) is 0.0607. The third-order valence-electron chi connectivity index (χ3n) is 5.06. The average Bonchev–Trinajstić information content (AvgIpc) is 3.30. The predicted molar refractivity (Wildman–Crippen MR) is 127 cm³/mol. The lowest BCUT2D eigenvalue weighted by Gasteiger charge is -2.26. The summed E-state index contributed by atoms with van der Waals surface area (Å²) in [6.45, 7) is 2.67. The second kappa shape index (κ2) is 14.6. The summed E-state index contributed by atoms with van der Waals surface area (Å²) in [6, 6.07) is -5.49. The Kier molecular flexibility index (Phi) is 12.3. The lowest BCUT2D eigenvalue weighted by atomic mass is 10.1. The lowest BCUT2D eigenvalue weighted by Crippen LogP contribution is -2.61. The number of H-pyrrole nitrogens is 1. The Labute approximate surface area is 207 Å². The number of carbonyl (C=O) groups is 4. The SMILES string of the molecule is CC(O)C(N)C(=O)NC(C(=O)NC(Cc1cnc[nH]1)C(=O)NC(CCCN=C(N)N)C(=O)O)C(C)O. The summed E-state index contributed by atoms with van der Waals surface area (Å²) in [4.78, 5) is 60.1. The van der Waals surface area contributed by atoms with Crippen LogP contribution >= 0.6 is 0 Å². The summed E-state index contributed by atoms with van der Waals surface area (Å²) in [5.41, 5.74) is 16.5. The van der Waals surface area contributed by atoms with Crippen LogP contribution in [-0.4, -0.2) is 97.9 Å². The number of imidazole rings is 1. The molecule has 6 atom stereocenters. The van der Waals surface area contributed by atoms with Crippen LogP contribution in [0.1, 0.15) is 32.4 Å². The van der Waals surface area contributed by atoms with Gasteiger partial charge in [-0.3, -0.25) is 19.4 Å². The van der Waals surface area contributed by atoms with Crippen molar-refractivity contribution in [2.75, 3.05) is 6.54 Å². The number of carboxylic acid groups (broad SMARTS) is 1. The fraction of sp³-hybridized carbons (Fsp3) is 0.600. The molecule has 0 radical (unpaired) electrons. The first-order chi connectivity index (χ1) is 16.8. The van der Waals surface area contributed by atoms with Crippen LogP contribution in [0.25, 0.3) is 0 Å². The number of rotatable bonds is 15. The van der Waals surface area contributed by atoms with Crippen LogP contribution in [0.15, 0.2) is 17.5 Å². The van der Waals surface area contributed by atoms with Gasteiger partial charge in [0.05, 0.1) is 18.5 Å². The van der Waals surface area contributed by atoms with Gasteiger partial charge < -0.3 is 53.5 Å². The Balaban J connectivity index is 3.01. The maximum Gasteiger partial charge on any atom is 0.326 e. The number of aromatic nitrogens is 2. The molecule has 0 aliphatic carbocycles. The monoisotopic (exact) mass is 513 g/mol. The number of hydrogen-bond donors (Lipinski definition) is 10. The molecular weight excluding hydrogens is 478 g/mol. The van der Waals surface area contributed by atoms with Crippen molar-refractivity contribution >= 4 is 29.7 Å². The molecule has 0 aromatic carbocycles. The molecule has 3 amide bonds. The molecule has 6 unspecified atom stereocenters. The maximum atomic E-state index is 13.0. The zero-order valence-corrected chi connectivity index (χ0v) is 20.0. The fourth-order valence-corrected chi connectivity index (χ4v) is 2.99. The number of aliphatic imine (C=N–C) groups is 1. The van der Waals surface area contributed by atoms with Crippen molar-refractivity contribution in [3.8, 4) is 0 Å². The van der Waals surface area contributed by atoms with Crippen LogP contribution in [0.2, 0.25) is 0 Å². The molecule has 0 spiro atoms. The first kappa shape index (κ1) is 30.3. The Morgan fingerprint density at radius 3 is 2.17 bits per heavy atom. The van der Waals surface area contributed by atoms with Gasteiger partial charge in [0.25, 0.3) is 0 Å². The zero-order valence-electron chi connectivity index (χ0n) is 20.0. The molecule has 13 N–H and O–H groups in total. The summed E-state index contributed by atoms with van der Waals surface area (Å²) < 4.78 is 0. The molecule has 0 aliphatic rings. The number of aromatic amines is 1. The fourth-order valence-electron chi connectivity index (χ4n) is 2.99. The summed E-state index contributed by atoms with van der Waals surface area (Å²) >= 11 is 0. The Morgan fingerprint density at radius 2 is 1.67 bits per heavy atom. The Morgan fingerprint density at radius 1 is 1.03 bits per heavy atom. The molecule has 1 rings (SSSR count). The molecule has 0 aliphatic heterocycles. The minimum Gasteiger partial charge on any atom is -0.480 e. The van der Waals surface area contributed by atoms with E-state index in [0.717, 1.165) is 0 Å². The molecule has 16 nitrogen and oxygen atoms in total. The third kappa shape index (κ3) is 10.2. The van der Waals surface area contributed by atoms with Crippen LogP contribution < -0.4 is 33.2 Å². The van der Waals surface area contributed by atoms with E-state index in [-0.39, 0.29) is 31.8 Å². The van der Waals surface area contributed by atoms with Gasteiger partial charge in [-0.2, -0.15) is 0 Å². The topological polar surface area (TPSA) is 284 Å². The number of aliphatic hydroxyl groups excluding tert-OH is 2. The van der Waals surface area contributed by atoms with Crippen molar-refractivity contribution in [1.82, 2.24) is 25.9 Å². The highest BCUT2D eigenvalue weighted by atomic mass is 16.4. The van der Waals surface area contributed by atoms with E-state index in [9.17, 15) is 34.5 Å². The highest BCUT2D eigenvalue weighted by Gasteiger charge is 2.33. The molecule has 0 fully saturated rings. The van der Waals surface area contributed by atoms with Gasteiger partial charge in [0.1, 0.15) is 24.2 Å². The van der Waals surface area contributed by atoms with Gasteiger partial charge in [-0.1, -0.05) is 0 Å². The second-order valence-corrected chi connectivity index (χ2v) is 8.18. The molecule has 0 bridgehead atoms. The minimum absolute atomic E-state index is 0.00612. The molecule has 1 heterocycles. The van der Waals surface area contributed by atoms with Gasteiger partial charge >= 0.3 is 5.97 Å². The van der Waals surface area contributed by atoms with Gasteiger partial charge in [-0.15, -0.1) is 0 Å². The Bertz CT molecular complexity index is 901. The van der Waals surface area contributed by atoms with E-state index >= 15 is 0 Å². The predicted octanol–water partition coefficient (Wildman–Crippen LogP) is -4.37. The smallest absolute Gasteiger partial charge is 0.326 e. The van der Waals surface area contributed by atoms with Gasteiger partial charge in [0, 0.05) is 24.9 Å². The van der Waals surface area contributed by atoms with E-state index in [1.165, 1.54) is 26.4 Å². The number of aliphatic carboxylic acids is 1. The van der Waals surface area contributed by atoms with Crippen LogP contribution in [0.4, 0.5) is 0 Å². The van der Waals surface area contributed by atoms with Crippen LogP contribution in [-0.2, 0) is 25.6 Å². The van der Waals surface area contributed by atoms with Gasteiger partial charge in [-0.25, -0.2) is 9.78 Å². The number of carbonyl (C=O) groups excluding carboxylic acids is 3. The van der Waals surface area contributed by atoms with Crippen LogP contribution in [0.5, 0.6) is 0 Å². The highest BCUT2D eigenvalue weighted by molar-refractivity contribution is 5.94. The number of aliphatic hydroxyl groups is 2. The van der Waals surface area contributed by atoms with E-state index in [1.807, 2.05) is 0 Å². The van der Waals surface area contributed by atoms with Crippen molar-refractivity contribution in [2.24, 2.45) is 22.2 Å². The summed E-state index contributed by atoms with van der Waals surface area (Å²) in [6.07, 6.45) is 0.303. The number of guanidine groups is 1. The number of amides is 3. The van der Waals surface area contributed by atoms with E-state index in [4.69, 9.17) is 17.2 Å². The normalized spacial score (nSPS) is 15.9. The molecule has 1 aromatic heterocycles. The maximum absolute atomic E-state index is 13.0. The molecule has 202 valence electrons. The zero-order chi connectivity index (χ0) is 27.4. The number of carboxylic acids is 1. The molecular formula is C20H35N9O7. The van der Waals surface area contributed by atoms with E-state index < -0.39 is 60.1 Å². The second-order valence-electron chi connectivity index (χ2n) is 8.18. The number of nitrogens with one attached hydrogen (secondary N) is 4. The largest absolute Gasteiger partial charge is 0.480 e. The molecule has 36 heavy (non-hydrogen) atoms. The summed E-state index contributed by atoms with van der Waals surface area (Å²) in [5, 5.41) is 36.0. The molecule has 0 saturated carbocycles. The number of nitrogens with two attached hydrogens (primary N) is 3. The van der Waals surface area contributed by atoms with Gasteiger partial charge in [0.15, 0.2) is 5.96 Å². The van der Waals surface area contributed by atoms with Crippen molar-refractivity contribution < 1.29 is 34.5 Å². The van der Waals surface area contributed by atoms with Crippen molar-refractivity contribution in [3.63, 3.8) is 0 Å². The van der Waals surface area contributed by atoms with E-state index in [0.29, 0.717) is 5.69 Å². The minimum atomic E-state index is -1.52. The number of hydrogen-bond acceptors (Lipinski definition) is 9. The Hall–Kier alpha value is -3.76. The van der Waals surface area contributed by atoms with Gasteiger partial charge in [-0.05, 0) is 26.7 Å². The molecule has 16 heteroatoms. The van der Waals surface area contributed by atoms with Crippen LogP contribution in [0.3, 0.4) is 0 Å². The van der Waals surface area contributed by atoms with Crippen molar-refractivity contribution in [3.05, 3.63) is 18.2 Å². The van der Waals surface area contributed by atoms with Gasteiger partial charge in [0.2, 0.25) is 17.7 Å². The summed E-state index contributed by atoms with van der Waals surface area (Å²) in [5.74, 6) is -4.12. The van der Waals surface area contributed by atoms with Crippen LogP contribution in [0, 0.1) is 0 Å². The first-order valence-corrected chi connectivity index (χ1v) is 11.1. The first-order valence-electron chi connectivity index (χ1n) is 11.1. The average molecular weight is 514 g/mol. The van der Waals surface area contributed by atoms with E-state index in [1.54, 1.807) is 0 Å². The molecule has 0 saturated heterocycles. The van der Waals surface area contributed by atoms with Crippen molar-refractivity contribution in [2.45, 2.75) is 69.5 Å². The highest BCUT2D eigenvalue weighted by Crippen LogP contribution is 2.05. The van der Waals surface area contributed by atoms with E-state index in [2.05, 4.69) is 30.9 Å². The van der Waals surface area contributed by atoms with Crippen molar-refractivity contribution in [1.29, 1.82) is 0 Å². The number of nitrogens with zero attached hydrogens (tertiary/aromatic N) is 2. The molecule has 1 aromatic rings.